The van der Waals surface area contributed by atoms with Crippen molar-refractivity contribution >= 4 is 5.78 Å². The predicted molar refractivity (Wildman–Crippen MR) is 131 cm³/mol. The molecule has 3 aromatic rings. The van der Waals surface area contributed by atoms with Crippen LogP contribution in [-0.4, -0.2) is 34.5 Å². The smallest absolute Gasteiger partial charge is 0.185 e. The summed E-state index contributed by atoms with van der Waals surface area (Å²) in [7, 11) is 0. The van der Waals surface area contributed by atoms with E-state index in [9.17, 15) is 18.0 Å². The van der Waals surface area contributed by atoms with Crippen molar-refractivity contribution in [1.82, 2.24) is 9.97 Å². The second kappa shape index (κ2) is 10.9. The molecule has 4 atom stereocenters. The van der Waals surface area contributed by atoms with Gasteiger partial charge in [0.2, 0.25) is 0 Å². The van der Waals surface area contributed by atoms with Gasteiger partial charge < -0.3 is 10.5 Å². The van der Waals surface area contributed by atoms with Crippen LogP contribution < -0.4 is 5.73 Å². The van der Waals surface area contributed by atoms with Crippen LogP contribution in [-0.2, 0) is 11.2 Å². The molecule has 1 aliphatic carbocycles. The van der Waals surface area contributed by atoms with Crippen molar-refractivity contribution in [2.75, 3.05) is 6.61 Å². The molecule has 0 radical (unpaired) electrons. The Kier molecular flexibility index (Phi) is 7.85. The number of hydrogen-bond acceptors (Lipinski definition) is 5. The van der Waals surface area contributed by atoms with Gasteiger partial charge in [-0.15, -0.1) is 0 Å². The number of halogens is 3. The van der Waals surface area contributed by atoms with Gasteiger partial charge in [-0.25, -0.2) is 18.2 Å². The number of aryl methyl sites for hydroxylation is 1. The third-order valence-corrected chi connectivity index (χ3v) is 6.84. The number of ketones is 1. The van der Waals surface area contributed by atoms with Crippen molar-refractivity contribution in [3.63, 3.8) is 0 Å². The molecule has 0 spiro atoms. The molecule has 190 valence electrons. The summed E-state index contributed by atoms with van der Waals surface area (Å²) in [5.74, 6) is -2.82. The minimum atomic E-state index is -0.939. The highest BCUT2D eigenvalue weighted by molar-refractivity contribution is 5.96. The Morgan fingerprint density at radius 3 is 2.50 bits per heavy atom. The number of hydrogen-bond donors (Lipinski definition) is 1. The highest BCUT2D eigenvalue weighted by Crippen LogP contribution is 2.38. The van der Waals surface area contributed by atoms with E-state index in [0.29, 0.717) is 18.6 Å². The van der Waals surface area contributed by atoms with E-state index in [-0.39, 0.29) is 36.1 Å². The zero-order chi connectivity index (χ0) is 26.0. The molecule has 1 fully saturated rings. The van der Waals surface area contributed by atoms with E-state index in [2.05, 4.69) is 16.9 Å². The van der Waals surface area contributed by atoms with Gasteiger partial charge >= 0.3 is 0 Å². The Morgan fingerprint density at radius 2 is 1.83 bits per heavy atom. The minimum absolute atomic E-state index is 0.0115. The van der Waals surface area contributed by atoms with Gasteiger partial charge in [-0.3, -0.25) is 9.78 Å². The van der Waals surface area contributed by atoms with Gasteiger partial charge in [-0.1, -0.05) is 6.92 Å². The Balaban J connectivity index is 1.60. The average Bonchev–Trinajstić information content (AvgIpc) is 2.82. The molecule has 1 aromatic carbocycles. The zero-order valence-corrected chi connectivity index (χ0v) is 20.6. The van der Waals surface area contributed by atoms with Gasteiger partial charge in [-0.05, 0) is 85.5 Å². The molecule has 2 heterocycles. The van der Waals surface area contributed by atoms with Crippen LogP contribution in [0.3, 0.4) is 0 Å². The minimum Gasteiger partial charge on any atom is -0.377 e. The molecule has 8 heteroatoms. The zero-order valence-electron chi connectivity index (χ0n) is 20.6. The molecule has 5 nitrogen and oxygen atoms in total. The average molecular weight is 498 g/mol. The first kappa shape index (κ1) is 26.0. The molecule has 1 saturated carbocycles. The number of ether oxygens (including phenoxy) is 1. The molecular formula is C28H30F3N3O2. The molecule has 0 saturated heterocycles. The number of nitrogens with two attached hydrogens (primary N) is 1. The number of aromatic nitrogens is 2. The topological polar surface area (TPSA) is 78.1 Å². The van der Waals surface area contributed by atoms with E-state index >= 15 is 0 Å². The summed E-state index contributed by atoms with van der Waals surface area (Å²) in [6.45, 7) is 6.20. The fourth-order valence-electron chi connectivity index (χ4n) is 5.24. The van der Waals surface area contributed by atoms with Crippen molar-refractivity contribution < 1.29 is 22.7 Å². The number of carbonyl (C=O) groups is 1. The van der Waals surface area contributed by atoms with Gasteiger partial charge in [-0.2, -0.15) is 0 Å². The third-order valence-electron chi connectivity index (χ3n) is 6.84. The molecule has 36 heavy (non-hydrogen) atoms. The summed E-state index contributed by atoms with van der Waals surface area (Å²) in [4.78, 5) is 21.4. The first-order valence-electron chi connectivity index (χ1n) is 12.1. The summed E-state index contributed by atoms with van der Waals surface area (Å²) in [6, 6.07) is 6.20. The van der Waals surface area contributed by atoms with E-state index in [1.165, 1.54) is 13.0 Å². The number of benzene rings is 1. The lowest BCUT2D eigenvalue weighted by atomic mass is 9.73. The van der Waals surface area contributed by atoms with Gasteiger partial charge in [0.15, 0.2) is 5.78 Å². The van der Waals surface area contributed by atoms with Crippen LogP contribution in [0, 0.1) is 30.3 Å². The molecular weight excluding hydrogens is 467 g/mol. The summed E-state index contributed by atoms with van der Waals surface area (Å²) in [5, 5.41) is 0. The van der Waals surface area contributed by atoms with Crippen LogP contribution in [0.15, 0.2) is 42.7 Å². The summed E-state index contributed by atoms with van der Waals surface area (Å²) < 4.78 is 49.4. The maximum atomic E-state index is 14.5. The Morgan fingerprint density at radius 1 is 1.11 bits per heavy atom. The summed E-state index contributed by atoms with van der Waals surface area (Å²) >= 11 is 0. The SMILES string of the molecule is CCO[C@@H]1[C@H](C)C[C@H](c2ccncc2CC(=O)c2ccc(F)c(-c3c(F)cc(C)cc3F)n2)C[C@@H]1N. The Hall–Kier alpha value is -3.10. The molecule has 1 aliphatic rings. The number of nitrogens with zero attached hydrogens (tertiary/aromatic N) is 2. The lowest BCUT2D eigenvalue weighted by Gasteiger charge is -2.39. The summed E-state index contributed by atoms with van der Waals surface area (Å²) in [5.41, 5.74) is 7.29. The van der Waals surface area contributed by atoms with Crippen molar-refractivity contribution in [3.05, 3.63) is 82.6 Å². The van der Waals surface area contributed by atoms with Crippen molar-refractivity contribution in [1.29, 1.82) is 0 Å². The molecule has 0 amide bonds. The summed E-state index contributed by atoms with van der Waals surface area (Å²) in [6.07, 6.45) is 4.85. The third kappa shape index (κ3) is 5.34. The van der Waals surface area contributed by atoms with E-state index in [1.807, 2.05) is 13.0 Å². The van der Waals surface area contributed by atoms with E-state index < -0.39 is 34.5 Å². The first-order valence-corrected chi connectivity index (χ1v) is 12.1. The van der Waals surface area contributed by atoms with Crippen LogP contribution in [0.25, 0.3) is 11.3 Å². The monoisotopic (exact) mass is 497 g/mol. The van der Waals surface area contributed by atoms with Crippen LogP contribution >= 0.6 is 0 Å². The highest BCUT2D eigenvalue weighted by atomic mass is 19.1. The van der Waals surface area contributed by atoms with Crippen molar-refractivity contribution in [3.8, 4) is 11.3 Å². The molecule has 0 bridgehead atoms. The number of Topliss-reactive ketones (excluding diaryl/α,β-unsaturated/α-hetero) is 1. The second-order valence-corrected chi connectivity index (χ2v) is 9.53. The molecule has 0 unspecified atom stereocenters. The number of carbonyl (C=O) groups excluding carboxylic acids is 1. The van der Waals surface area contributed by atoms with Crippen LogP contribution in [0.4, 0.5) is 13.2 Å². The van der Waals surface area contributed by atoms with Crippen LogP contribution in [0.5, 0.6) is 0 Å². The standard InChI is InChI=1S/C28H30F3N3O2/c1-4-36-28-16(3)11-17(12-23(28)32)19-7-8-33-14-18(19)13-25(35)24-6-5-20(29)27(34-24)26-21(30)9-15(2)10-22(26)31/h5-10,14,16-17,23,28H,4,11-13,32H2,1-3H3/t16-,17+,23+,28-/m1/s1. The fraction of sp³-hybridized carbons (Fsp3) is 0.393. The van der Waals surface area contributed by atoms with Crippen molar-refractivity contribution in [2.24, 2.45) is 11.7 Å². The Bertz CT molecular complexity index is 1230. The van der Waals surface area contributed by atoms with Gasteiger partial charge in [0.1, 0.15) is 28.8 Å². The van der Waals surface area contributed by atoms with Gasteiger partial charge in [0.25, 0.3) is 0 Å². The first-order chi connectivity index (χ1) is 17.2. The van der Waals surface area contributed by atoms with Crippen molar-refractivity contribution in [2.45, 2.75) is 58.1 Å². The molecule has 4 rings (SSSR count). The van der Waals surface area contributed by atoms with Gasteiger partial charge in [0.05, 0.1) is 11.7 Å². The second-order valence-electron chi connectivity index (χ2n) is 9.53. The number of pyridine rings is 2. The molecule has 2 N–H and O–H groups in total. The quantitative estimate of drug-likeness (QED) is 0.434. The van der Waals surface area contributed by atoms with E-state index in [1.54, 1.807) is 12.4 Å². The van der Waals surface area contributed by atoms with E-state index in [4.69, 9.17) is 10.5 Å². The predicted octanol–water partition coefficient (Wildman–Crippen LogP) is 5.54. The van der Waals surface area contributed by atoms with Crippen LogP contribution in [0.1, 0.15) is 59.8 Å². The lowest BCUT2D eigenvalue weighted by molar-refractivity contribution is -0.0163. The maximum Gasteiger partial charge on any atom is 0.185 e. The molecule has 2 aromatic heterocycles. The van der Waals surface area contributed by atoms with Crippen LogP contribution in [0.2, 0.25) is 0 Å². The maximum absolute atomic E-state index is 14.5. The fourth-order valence-corrected chi connectivity index (χ4v) is 5.24. The van der Waals surface area contributed by atoms with E-state index in [0.717, 1.165) is 35.7 Å². The lowest BCUT2D eigenvalue weighted by Crippen LogP contribution is -2.46. The number of rotatable bonds is 7. The Labute approximate surface area is 208 Å². The highest BCUT2D eigenvalue weighted by Gasteiger charge is 2.35. The normalized spacial score (nSPS) is 22.0. The van der Waals surface area contributed by atoms with Gasteiger partial charge in [0, 0.05) is 31.5 Å². The molecule has 0 aliphatic heterocycles. The largest absolute Gasteiger partial charge is 0.377 e.